The molecule has 2 aromatic rings. The van der Waals surface area contributed by atoms with E-state index in [2.05, 4.69) is 20.9 Å². The monoisotopic (exact) mass is 388 g/mol. The number of amides is 1. The number of pyridine rings is 1. The Morgan fingerprint density at radius 1 is 1.33 bits per heavy atom. The minimum atomic E-state index is -0.00271. The molecule has 1 unspecified atom stereocenters. The molecular weight excluding hydrogens is 368 g/mol. The smallest absolute Gasteiger partial charge is 0.226 e. The molecule has 1 aliphatic rings. The van der Waals surface area contributed by atoms with Crippen LogP contribution in [0.4, 0.5) is 0 Å². The number of nitrogens with zero attached hydrogens (tertiary/aromatic N) is 2. The van der Waals surface area contributed by atoms with Crippen molar-refractivity contribution < 1.29 is 9.53 Å². The van der Waals surface area contributed by atoms with Gasteiger partial charge in [-0.15, -0.1) is 0 Å². The number of benzene rings is 1. The quantitative estimate of drug-likeness (QED) is 0.707. The zero-order valence-electron chi connectivity index (χ0n) is 13.7. The van der Waals surface area contributed by atoms with Crippen molar-refractivity contribution in [1.82, 2.24) is 9.88 Å². The molecule has 1 saturated carbocycles. The van der Waals surface area contributed by atoms with E-state index in [1.54, 1.807) is 6.20 Å². The number of ether oxygens (including phenoxy) is 1. The molecular formula is C19H21BrN2O2. The lowest BCUT2D eigenvalue weighted by atomic mass is 10.1. The third-order valence-corrected chi connectivity index (χ3v) is 4.64. The van der Waals surface area contributed by atoms with Crippen LogP contribution in [-0.4, -0.2) is 28.4 Å². The topological polar surface area (TPSA) is 42.4 Å². The van der Waals surface area contributed by atoms with Gasteiger partial charge in [0.15, 0.2) is 0 Å². The Labute approximate surface area is 151 Å². The molecule has 5 heteroatoms. The summed E-state index contributed by atoms with van der Waals surface area (Å²) < 4.78 is 6.67. The average molecular weight is 389 g/mol. The summed E-state index contributed by atoms with van der Waals surface area (Å²) in [5.74, 6) is 0.901. The normalized spacial score (nSPS) is 14.9. The minimum absolute atomic E-state index is 0.00271. The molecule has 0 radical (unpaired) electrons. The molecule has 1 fully saturated rings. The largest absolute Gasteiger partial charge is 0.493 e. The molecule has 24 heavy (non-hydrogen) atoms. The van der Waals surface area contributed by atoms with Crippen molar-refractivity contribution in [2.75, 3.05) is 6.61 Å². The van der Waals surface area contributed by atoms with E-state index in [4.69, 9.17) is 4.74 Å². The summed E-state index contributed by atoms with van der Waals surface area (Å²) in [7, 11) is 0. The van der Waals surface area contributed by atoms with E-state index < -0.39 is 0 Å². The molecule has 0 aliphatic heterocycles. The Morgan fingerprint density at radius 3 is 2.83 bits per heavy atom. The van der Waals surface area contributed by atoms with E-state index in [1.165, 1.54) is 0 Å². The Morgan fingerprint density at radius 2 is 2.17 bits per heavy atom. The van der Waals surface area contributed by atoms with E-state index in [1.807, 2.05) is 54.3 Å². The van der Waals surface area contributed by atoms with Crippen LogP contribution in [0.2, 0.25) is 0 Å². The highest BCUT2D eigenvalue weighted by Gasteiger charge is 2.36. The summed E-state index contributed by atoms with van der Waals surface area (Å²) in [6.07, 6.45) is 4.31. The van der Waals surface area contributed by atoms with Crippen LogP contribution in [0.15, 0.2) is 53.1 Å². The van der Waals surface area contributed by atoms with Crippen molar-refractivity contribution >= 4 is 21.8 Å². The molecule has 0 spiro atoms. The molecule has 1 aromatic carbocycles. The lowest BCUT2D eigenvalue weighted by Gasteiger charge is -2.29. The van der Waals surface area contributed by atoms with Crippen molar-refractivity contribution in [2.24, 2.45) is 0 Å². The molecule has 4 nitrogen and oxygen atoms in total. The van der Waals surface area contributed by atoms with Gasteiger partial charge >= 0.3 is 0 Å². The van der Waals surface area contributed by atoms with Crippen LogP contribution < -0.4 is 4.74 Å². The van der Waals surface area contributed by atoms with Gasteiger partial charge in [-0.05, 0) is 50.1 Å². The number of rotatable bonds is 7. The van der Waals surface area contributed by atoms with Crippen LogP contribution in [0.1, 0.15) is 37.9 Å². The number of carbonyl (C=O) groups excluding carboxylic acids is 1. The SMILES string of the molecule is CC(c1ccccn1)N(C(=O)CCOc1cccc(Br)c1)C1CC1. The molecule has 1 atom stereocenters. The van der Waals surface area contributed by atoms with E-state index in [0.29, 0.717) is 19.1 Å². The van der Waals surface area contributed by atoms with E-state index in [9.17, 15) is 4.79 Å². The maximum Gasteiger partial charge on any atom is 0.226 e. The fraction of sp³-hybridized carbons (Fsp3) is 0.368. The van der Waals surface area contributed by atoms with Gasteiger partial charge in [0.05, 0.1) is 24.8 Å². The average Bonchev–Trinajstić information content (AvgIpc) is 3.41. The third-order valence-electron chi connectivity index (χ3n) is 4.14. The van der Waals surface area contributed by atoms with Crippen LogP contribution in [0.25, 0.3) is 0 Å². The van der Waals surface area contributed by atoms with Crippen molar-refractivity contribution in [2.45, 2.75) is 38.3 Å². The van der Waals surface area contributed by atoms with Crippen molar-refractivity contribution in [3.63, 3.8) is 0 Å². The predicted octanol–water partition coefficient (Wildman–Crippen LogP) is 4.37. The van der Waals surface area contributed by atoms with Crippen LogP contribution in [0.3, 0.4) is 0 Å². The second kappa shape index (κ2) is 7.79. The number of hydrogen-bond acceptors (Lipinski definition) is 3. The summed E-state index contributed by atoms with van der Waals surface area (Å²) in [5.41, 5.74) is 0.936. The number of aromatic nitrogens is 1. The first-order valence-electron chi connectivity index (χ1n) is 8.25. The van der Waals surface area contributed by atoms with E-state index in [-0.39, 0.29) is 11.9 Å². The van der Waals surface area contributed by atoms with E-state index in [0.717, 1.165) is 28.8 Å². The van der Waals surface area contributed by atoms with Crippen LogP contribution in [0.5, 0.6) is 5.75 Å². The molecule has 0 saturated heterocycles. The molecule has 1 amide bonds. The van der Waals surface area contributed by atoms with Gasteiger partial charge in [0.1, 0.15) is 5.75 Å². The van der Waals surface area contributed by atoms with Crippen molar-refractivity contribution in [3.05, 3.63) is 58.8 Å². The fourth-order valence-corrected chi connectivity index (χ4v) is 3.17. The van der Waals surface area contributed by atoms with Gasteiger partial charge < -0.3 is 9.64 Å². The zero-order valence-corrected chi connectivity index (χ0v) is 15.3. The first kappa shape index (κ1) is 17.0. The van der Waals surface area contributed by atoms with Crippen molar-refractivity contribution in [1.29, 1.82) is 0 Å². The van der Waals surface area contributed by atoms with Gasteiger partial charge in [-0.2, -0.15) is 0 Å². The maximum atomic E-state index is 12.7. The summed E-state index contributed by atoms with van der Waals surface area (Å²) in [5, 5.41) is 0. The molecule has 126 valence electrons. The van der Waals surface area contributed by atoms with Crippen LogP contribution in [-0.2, 0) is 4.79 Å². The van der Waals surface area contributed by atoms with Gasteiger partial charge in [0, 0.05) is 16.7 Å². The Bertz CT molecular complexity index is 689. The van der Waals surface area contributed by atoms with Crippen LogP contribution >= 0.6 is 15.9 Å². The molecule has 1 aromatic heterocycles. The molecule has 0 bridgehead atoms. The molecule has 0 N–H and O–H groups in total. The number of carbonyl (C=O) groups is 1. The third kappa shape index (κ3) is 4.35. The molecule has 3 rings (SSSR count). The Kier molecular flexibility index (Phi) is 5.51. The standard InChI is InChI=1S/C19H21BrN2O2/c1-14(18-7-2-3-11-21-18)22(16-8-9-16)19(23)10-12-24-17-6-4-5-15(20)13-17/h2-7,11,13-14,16H,8-10,12H2,1H3. The summed E-state index contributed by atoms with van der Waals surface area (Å²) in [6.45, 7) is 2.43. The van der Waals surface area contributed by atoms with Gasteiger partial charge in [0.2, 0.25) is 5.91 Å². The molecule has 1 heterocycles. The lowest BCUT2D eigenvalue weighted by Crippen LogP contribution is -2.36. The predicted molar refractivity (Wildman–Crippen MR) is 96.8 cm³/mol. The fourth-order valence-electron chi connectivity index (χ4n) is 2.80. The minimum Gasteiger partial charge on any atom is -0.493 e. The van der Waals surface area contributed by atoms with Gasteiger partial charge in [-0.25, -0.2) is 0 Å². The summed E-state index contributed by atoms with van der Waals surface area (Å²) >= 11 is 3.42. The first-order valence-corrected chi connectivity index (χ1v) is 9.05. The second-order valence-corrected chi connectivity index (χ2v) is 6.93. The lowest BCUT2D eigenvalue weighted by molar-refractivity contribution is -0.134. The van der Waals surface area contributed by atoms with Gasteiger partial charge in [0.25, 0.3) is 0 Å². The second-order valence-electron chi connectivity index (χ2n) is 6.02. The summed E-state index contributed by atoms with van der Waals surface area (Å²) in [6, 6.07) is 13.8. The maximum absolute atomic E-state index is 12.7. The van der Waals surface area contributed by atoms with Gasteiger partial charge in [-0.1, -0.05) is 28.1 Å². The Hall–Kier alpha value is -1.88. The van der Waals surface area contributed by atoms with Gasteiger partial charge in [-0.3, -0.25) is 9.78 Å². The highest BCUT2D eigenvalue weighted by Crippen LogP contribution is 2.34. The Balaban J connectivity index is 1.59. The van der Waals surface area contributed by atoms with Crippen molar-refractivity contribution in [3.8, 4) is 5.75 Å². The highest BCUT2D eigenvalue weighted by atomic mass is 79.9. The highest BCUT2D eigenvalue weighted by molar-refractivity contribution is 9.10. The summed E-state index contributed by atoms with van der Waals surface area (Å²) in [4.78, 5) is 19.1. The first-order chi connectivity index (χ1) is 11.6. The zero-order chi connectivity index (χ0) is 16.9. The number of halogens is 1. The number of hydrogen-bond donors (Lipinski definition) is 0. The van der Waals surface area contributed by atoms with E-state index >= 15 is 0 Å². The van der Waals surface area contributed by atoms with Crippen LogP contribution in [0, 0.1) is 0 Å². The molecule has 1 aliphatic carbocycles.